The van der Waals surface area contributed by atoms with Crippen molar-refractivity contribution in [3.05, 3.63) is 10.6 Å². The van der Waals surface area contributed by atoms with E-state index in [-0.39, 0.29) is 0 Å². The second-order valence-corrected chi connectivity index (χ2v) is 7.72. The molecular weight excluding hydrogens is 280 g/mol. The lowest BCUT2D eigenvalue weighted by molar-refractivity contribution is 0.396. The number of anilines is 1. The fourth-order valence-electron chi connectivity index (χ4n) is 3.20. The van der Waals surface area contributed by atoms with Crippen LogP contribution in [0.3, 0.4) is 0 Å². The predicted molar refractivity (Wildman–Crippen MR) is 90.3 cm³/mol. The van der Waals surface area contributed by atoms with Crippen LogP contribution in [0.5, 0.6) is 0 Å². The smallest absolute Gasteiger partial charge is 0.185 e. The molecule has 1 saturated heterocycles. The first-order valence-corrected chi connectivity index (χ1v) is 9.09. The molecule has 4 nitrogen and oxygen atoms in total. The highest BCUT2D eigenvalue weighted by Gasteiger charge is 2.30. The van der Waals surface area contributed by atoms with Crippen LogP contribution in [0.1, 0.15) is 42.7 Å². The molecule has 3 rings (SSSR count). The molecule has 2 aliphatic rings. The van der Waals surface area contributed by atoms with Gasteiger partial charge in [0.2, 0.25) is 0 Å². The molecule has 2 heterocycles. The Morgan fingerprint density at radius 1 is 1.38 bits per heavy atom. The van der Waals surface area contributed by atoms with Crippen LogP contribution in [0.15, 0.2) is 0 Å². The summed E-state index contributed by atoms with van der Waals surface area (Å²) in [7, 11) is 4.44. The van der Waals surface area contributed by atoms with Crippen molar-refractivity contribution in [2.75, 3.05) is 45.2 Å². The molecule has 1 unspecified atom stereocenters. The van der Waals surface area contributed by atoms with E-state index in [4.69, 9.17) is 4.98 Å². The number of aromatic nitrogens is 1. The monoisotopic (exact) mass is 308 g/mol. The maximum atomic E-state index is 4.98. The van der Waals surface area contributed by atoms with Gasteiger partial charge in [-0.05, 0) is 45.3 Å². The Bertz CT molecular complexity index is 469. The van der Waals surface area contributed by atoms with Gasteiger partial charge in [0.25, 0.3) is 0 Å². The Morgan fingerprint density at radius 3 is 2.81 bits per heavy atom. The van der Waals surface area contributed by atoms with E-state index in [0.717, 1.165) is 31.5 Å². The summed E-state index contributed by atoms with van der Waals surface area (Å²) in [6.45, 7) is 7.80. The van der Waals surface area contributed by atoms with Crippen LogP contribution in [-0.2, 0) is 6.54 Å². The number of nitrogens with zero attached hydrogens (tertiary/aromatic N) is 3. The molecule has 1 saturated carbocycles. The minimum atomic E-state index is 0.745. The highest BCUT2D eigenvalue weighted by Crippen LogP contribution is 2.44. The summed E-state index contributed by atoms with van der Waals surface area (Å²) in [5.41, 5.74) is 1.38. The average Bonchev–Trinajstić information content (AvgIpc) is 3.09. The van der Waals surface area contributed by atoms with E-state index < -0.39 is 0 Å². The Hall–Kier alpha value is -0.650. The molecule has 0 spiro atoms. The van der Waals surface area contributed by atoms with Gasteiger partial charge >= 0.3 is 0 Å². The van der Waals surface area contributed by atoms with E-state index in [1.807, 2.05) is 11.3 Å². The topological polar surface area (TPSA) is 31.4 Å². The lowest BCUT2D eigenvalue weighted by atomic mass is 10.1. The van der Waals surface area contributed by atoms with Crippen LogP contribution in [0.2, 0.25) is 0 Å². The third-order valence-corrected chi connectivity index (χ3v) is 5.75. The summed E-state index contributed by atoms with van der Waals surface area (Å²) in [6.07, 6.45) is 3.99. The molecule has 1 atom stereocenters. The third kappa shape index (κ3) is 3.76. The zero-order valence-corrected chi connectivity index (χ0v) is 14.4. The second kappa shape index (κ2) is 6.63. The van der Waals surface area contributed by atoms with Gasteiger partial charge in [-0.1, -0.05) is 6.92 Å². The van der Waals surface area contributed by atoms with Gasteiger partial charge in [0, 0.05) is 37.5 Å². The molecule has 1 aromatic heterocycles. The van der Waals surface area contributed by atoms with Crippen molar-refractivity contribution in [2.24, 2.45) is 5.92 Å². The SMILES string of the molecule is CCNCc1sc(N(C)CC2CCN(C)C2)nc1C1CC1. The van der Waals surface area contributed by atoms with E-state index in [1.54, 1.807) is 0 Å². The first-order chi connectivity index (χ1) is 10.2. The van der Waals surface area contributed by atoms with Gasteiger partial charge in [-0.25, -0.2) is 4.98 Å². The average molecular weight is 308 g/mol. The van der Waals surface area contributed by atoms with Crippen LogP contribution in [-0.4, -0.2) is 50.2 Å². The molecule has 1 aliphatic carbocycles. The van der Waals surface area contributed by atoms with E-state index in [2.05, 4.69) is 36.1 Å². The Balaban J connectivity index is 1.66. The van der Waals surface area contributed by atoms with Gasteiger partial charge in [-0.2, -0.15) is 0 Å². The van der Waals surface area contributed by atoms with Gasteiger partial charge in [0.05, 0.1) is 5.69 Å². The minimum absolute atomic E-state index is 0.745. The standard InChI is InChI=1S/C16H28N4S/c1-4-17-9-14-15(13-5-6-13)18-16(21-14)20(3)11-12-7-8-19(2)10-12/h12-13,17H,4-11H2,1-3H3. The van der Waals surface area contributed by atoms with Gasteiger partial charge in [0.15, 0.2) is 5.13 Å². The van der Waals surface area contributed by atoms with Crippen molar-refractivity contribution in [1.29, 1.82) is 0 Å². The molecule has 2 fully saturated rings. The molecular formula is C16H28N4S. The summed E-state index contributed by atoms with van der Waals surface area (Å²) >= 11 is 1.90. The lowest BCUT2D eigenvalue weighted by Gasteiger charge is -2.20. The van der Waals surface area contributed by atoms with Crippen LogP contribution in [0.4, 0.5) is 5.13 Å². The zero-order chi connectivity index (χ0) is 14.8. The minimum Gasteiger partial charge on any atom is -0.351 e. The van der Waals surface area contributed by atoms with Gasteiger partial charge in [0.1, 0.15) is 0 Å². The van der Waals surface area contributed by atoms with Crippen molar-refractivity contribution < 1.29 is 0 Å². The van der Waals surface area contributed by atoms with Gasteiger partial charge in [-0.15, -0.1) is 11.3 Å². The van der Waals surface area contributed by atoms with Crippen molar-refractivity contribution >= 4 is 16.5 Å². The van der Waals surface area contributed by atoms with E-state index in [1.165, 1.54) is 48.1 Å². The quantitative estimate of drug-likeness (QED) is 0.839. The summed E-state index contributed by atoms with van der Waals surface area (Å²) in [5, 5.41) is 4.69. The molecule has 5 heteroatoms. The number of nitrogens with one attached hydrogen (secondary N) is 1. The van der Waals surface area contributed by atoms with Crippen molar-refractivity contribution in [3.63, 3.8) is 0 Å². The maximum absolute atomic E-state index is 4.98. The van der Waals surface area contributed by atoms with E-state index >= 15 is 0 Å². The van der Waals surface area contributed by atoms with Crippen molar-refractivity contribution in [2.45, 2.75) is 38.6 Å². The molecule has 0 bridgehead atoms. The fraction of sp³-hybridized carbons (Fsp3) is 0.812. The highest BCUT2D eigenvalue weighted by molar-refractivity contribution is 7.15. The summed E-state index contributed by atoms with van der Waals surface area (Å²) < 4.78 is 0. The van der Waals surface area contributed by atoms with Gasteiger partial charge < -0.3 is 15.1 Å². The molecule has 0 aromatic carbocycles. The lowest BCUT2D eigenvalue weighted by Crippen LogP contribution is -2.27. The molecule has 1 aliphatic heterocycles. The Labute approximate surface area is 132 Å². The predicted octanol–water partition coefficient (Wildman–Crippen LogP) is 2.52. The molecule has 0 amide bonds. The molecule has 0 radical (unpaired) electrons. The summed E-state index contributed by atoms with van der Waals surface area (Å²) in [5.74, 6) is 1.54. The number of hydrogen-bond acceptors (Lipinski definition) is 5. The molecule has 118 valence electrons. The zero-order valence-electron chi connectivity index (χ0n) is 13.6. The highest BCUT2D eigenvalue weighted by atomic mass is 32.1. The van der Waals surface area contributed by atoms with Crippen LogP contribution in [0, 0.1) is 5.92 Å². The molecule has 1 aromatic rings. The van der Waals surface area contributed by atoms with Crippen molar-refractivity contribution in [3.8, 4) is 0 Å². The van der Waals surface area contributed by atoms with E-state index in [9.17, 15) is 0 Å². The van der Waals surface area contributed by atoms with Crippen LogP contribution in [0.25, 0.3) is 0 Å². The first kappa shape index (κ1) is 15.3. The van der Waals surface area contributed by atoms with Crippen LogP contribution >= 0.6 is 11.3 Å². The number of likely N-dealkylation sites (tertiary alicyclic amines) is 1. The summed E-state index contributed by atoms with van der Waals surface area (Å²) in [4.78, 5) is 11.3. The van der Waals surface area contributed by atoms with Gasteiger partial charge in [-0.3, -0.25) is 0 Å². The Morgan fingerprint density at radius 2 is 2.19 bits per heavy atom. The van der Waals surface area contributed by atoms with E-state index in [0.29, 0.717) is 0 Å². The number of thiazole rings is 1. The largest absolute Gasteiger partial charge is 0.351 e. The first-order valence-electron chi connectivity index (χ1n) is 8.27. The molecule has 1 N–H and O–H groups in total. The normalized spacial score (nSPS) is 22.9. The second-order valence-electron chi connectivity index (χ2n) is 6.66. The molecule has 21 heavy (non-hydrogen) atoms. The van der Waals surface area contributed by atoms with Crippen LogP contribution < -0.4 is 10.2 Å². The third-order valence-electron chi connectivity index (χ3n) is 4.56. The Kier molecular flexibility index (Phi) is 4.82. The maximum Gasteiger partial charge on any atom is 0.185 e. The summed E-state index contributed by atoms with van der Waals surface area (Å²) in [6, 6.07) is 0. The van der Waals surface area contributed by atoms with Crippen molar-refractivity contribution in [1.82, 2.24) is 15.2 Å². The number of hydrogen-bond donors (Lipinski definition) is 1. The fourth-order valence-corrected chi connectivity index (χ4v) is 4.28. The number of rotatable bonds is 7.